The van der Waals surface area contributed by atoms with E-state index in [-0.39, 0.29) is 11.5 Å². The van der Waals surface area contributed by atoms with Crippen LogP contribution in [0, 0.1) is 13.8 Å². The first-order chi connectivity index (χ1) is 11.9. The number of fused-ring (bicyclic) bond motifs is 5. The third kappa shape index (κ3) is 2.32. The van der Waals surface area contributed by atoms with Crippen molar-refractivity contribution in [2.24, 2.45) is 0 Å². The molecule has 1 aliphatic rings. The molecule has 2 aromatic heterocycles. The summed E-state index contributed by atoms with van der Waals surface area (Å²) in [5.74, 6) is 0.300. The van der Waals surface area contributed by atoms with Crippen molar-refractivity contribution >= 4 is 27.7 Å². The molecule has 2 heterocycles. The van der Waals surface area contributed by atoms with Crippen LogP contribution in [0.15, 0.2) is 0 Å². The van der Waals surface area contributed by atoms with Crippen LogP contribution < -0.4 is 0 Å². The highest BCUT2D eigenvalue weighted by molar-refractivity contribution is 6.13. The van der Waals surface area contributed by atoms with Crippen molar-refractivity contribution in [3.05, 3.63) is 28.2 Å². The summed E-state index contributed by atoms with van der Waals surface area (Å²) < 4.78 is 0. The van der Waals surface area contributed by atoms with Gasteiger partial charge in [0.2, 0.25) is 0 Å². The summed E-state index contributed by atoms with van der Waals surface area (Å²) in [6.07, 6.45) is 2.19. The third-order valence-electron chi connectivity index (χ3n) is 5.04. The topological polar surface area (TPSA) is 82.1 Å². The van der Waals surface area contributed by atoms with E-state index in [4.69, 9.17) is 0 Å². The quantitative estimate of drug-likeness (QED) is 0.750. The molecule has 0 unspecified atom stereocenters. The van der Waals surface area contributed by atoms with Gasteiger partial charge in [-0.3, -0.25) is 4.79 Å². The van der Waals surface area contributed by atoms with Crippen molar-refractivity contribution in [1.29, 1.82) is 0 Å². The van der Waals surface area contributed by atoms with E-state index < -0.39 is 0 Å². The number of ketones is 1. The molecule has 3 aromatic rings. The molecule has 0 radical (unpaired) electrons. The number of nitrogens with one attached hydrogen (secondary N) is 1. The predicted molar refractivity (Wildman–Crippen MR) is 97.2 cm³/mol. The highest BCUT2D eigenvalue weighted by atomic mass is 16.3. The first-order valence-corrected chi connectivity index (χ1v) is 8.59. The number of phenols is 1. The van der Waals surface area contributed by atoms with Crippen molar-refractivity contribution in [3.8, 4) is 5.75 Å². The van der Waals surface area contributed by atoms with Gasteiger partial charge in [-0.25, -0.2) is 9.97 Å². The van der Waals surface area contributed by atoms with Crippen molar-refractivity contribution in [1.82, 2.24) is 19.9 Å². The van der Waals surface area contributed by atoms with Crippen LogP contribution in [0.25, 0.3) is 21.9 Å². The van der Waals surface area contributed by atoms with E-state index in [1.54, 1.807) is 0 Å². The maximum Gasteiger partial charge on any atom is 0.181 e. The molecular formula is C19H22N4O2. The maximum atomic E-state index is 12.4. The fourth-order valence-corrected chi connectivity index (χ4v) is 3.74. The van der Waals surface area contributed by atoms with Gasteiger partial charge >= 0.3 is 0 Å². The molecule has 4 rings (SSSR count). The highest BCUT2D eigenvalue weighted by Crippen LogP contribution is 2.41. The summed E-state index contributed by atoms with van der Waals surface area (Å²) in [7, 11) is 3.93. The molecular weight excluding hydrogens is 316 g/mol. The van der Waals surface area contributed by atoms with Gasteiger partial charge in [0.25, 0.3) is 0 Å². The highest BCUT2D eigenvalue weighted by Gasteiger charge is 2.28. The molecule has 0 atom stereocenters. The molecule has 0 spiro atoms. The average molecular weight is 338 g/mol. The largest absolute Gasteiger partial charge is 0.505 e. The van der Waals surface area contributed by atoms with Crippen LogP contribution in [0.4, 0.5) is 0 Å². The Morgan fingerprint density at radius 2 is 1.92 bits per heavy atom. The summed E-state index contributed by atoms with van der Waals surface area (Å²) in [4.78, 5) is 27.0. The zero-order chi connectivity index (χ0) is 17.9. The van der Waals surface area contributed by atoms with Crippen LogP contribution >= 0.6 is 0 Å². The van der Waals surface area contributed by atoms with Gasteiger partial charge in [0.05, 0.1) is 11.2 Å². The molecule has 25 heavy (non-hydrogen) atoms. The van der Waals surface area contributed by atoms with Crippen molar-refractivity contribution < 1.29 is 9.90 Å². The number of hydrogen-bond acceptors (Lipinski definition) is 5. The zero-order valence-corrected chi connectivity index (χ0v) is 15.0. The average Bonchev–Trinajstić information content (AvgIpc) is 2.94. The SMILES string of the molecule is Cc1nc2c([nH]c1C)c(O)c(CN(C)C)c1c3c(nc12)C(=O)CCC3. The Morgan fingerprint density at radius 3 is 2.64 bits per heavy atom. The molecule has 0 saturated heterocycles. The lowest BCUT2D eigenvalue weighted by Crippen LogP contribution is -2.13. The van der Waals surface area contributed by atoms with E-state index in [1.165, 1.54) is 0 Å². The summed E-state index contributed by atoms with van der Waals surface area (Å²) >= 11 is 0. The van der Waals surface area contributed by atoms with Gasteiger partial charge < -0.3 is 15.0 Å². The van der Waals surface area contributed by atoms with Gasteiger partial charge in [0.1, 0.15) is 22.5 Å². The van der Waals surface area contributed by atoms with Crippen LogP contribution in [-0.2, 0) is 13.0 Å². The predicted octanol–water partition coefficient (Wildman–Crippen LogP) is 3.01. The third-order valence-corrected chi connectivity index (χ3v) is 5.04. The number of aromatic hydroxyl groups is 1. The molecule has 0 aliphatic heterocycles. The lowest BCUT2D eigenvalue weighted by Gasteiger charge is -2.17. The number of aromatic amines is 1. The van der Waals surface area contributed by atoms with E-state index in [2.05, 4.69) is 15.0 Å². The van der Waals surface area contributed by atoms with Gasteiger partial charge in [-0.2, -0.15) is 0 Å². The van der Waals surface area contributed by atoms with E-state index in [1.807, 2.05) is 32.8 Å². The summed E-state index contributed by atoms with van der Waals surface area (Å²) in [5, 5.41) is 11.9. The number of hydrogen-bond donors (Lipinski definition) is 2. The Labute approximate surface area is 145 Å². The molecule has 1 aliphatic carbocycles. The van der Waals surface area contributed by atoms with Crippen LogP contribution in [0.3, 0.4) is 0 Å². The van der Waals surface area contributed by atoms with Crippen molar-refractivity contribution in [3.63, 3.8) is 0 Å². The Balaban J connectivity index is 2.20. The molecule has 0 fully saturated rings. The number of benzene rings is 1. The normalized spacial score (nSPS) is 14.7. The van der Waals surface area contributed by atoms with E-state index in [0.717, 1.165) is 46.3 Å². The Morgan fingerprint density at radius 1 is 1.16 bits per heavy atom. The van der Waals surface area contributed by atoms with Gasteiger partial charge in [-0.1, -0.05) is 0 Å². The Bertz CT molecular complexity index is 1030. The number of aromatic nitrogens is 3. The van der Waals surface area contributed by atoms with Crippen LogP contribution in [-0.4, -0.2) is 44.8 Å². The minimum atomic E-state index is 0.0914. The number of carbonyl (C=O) groups excluding carboxylic acids is 1. The number of aryl methyl sites for hydroxylation is 3. The molecule has 0 saturated carbocycles. The monoisotopic (exact) mass is 338 g/mol. The summed E-state index contributed by atoms with van der Waals surface area (Å²) in [6.45, 7) is 4.44. The zero-order valence-electron chi connectivity index (χ0n) is 15.0. The first kappa shape index (κ1) is 16.0. The van der Waals surface area contributed by atoms with Crippen molar-refractivity contribution in [2.75, 3.05) is 14.1 Å². The van der Waals surface area contributed by atoms with Crippen LogP contribution in [0.5, 0.6) is 5.75 Å². The van der Waals surface area contributed by atoms with E-state index in [0.29, 0.717) is 29.7 Å². The molecule has 0 amide bonds. The number of rotatable bonds is 2. The van der Waals surface area contributed by atoms with Gasteiger partial charge in [0.15, 0.2) is 5.78 Å². The fourth-order valence-electron chi connectivity index (χ4n) is 3.74. The molecule has 6 heteroatoms. The standard InChI is InChI=1S/C19H22N4O2/c1-9-10(2)21-18-17(20-9)16-14(12(19(18)25)8-23(3)4)11-6-5-7-13(24)15(11)22-16/h21,25H,5-8H2,1-4H3. The maximum absolute atomic E-state index is 12.4. The molecule has 130 valence electrons. The van der Waals surface area contributed by atoms with E-state index in [9.17, 15) is 9.90 Å². The Kier molecular flexibility index (Phi) is 3.54. The minimum Gasteiger partial charge on any atom is -0.505 e. The summed E-state index contributed by atoms with van der Waals surface area (Å²) in [5.41, 5.74) is 6.08. The minimum absolute atomic E-state index is 0.0914. The van der Waals surface area contributed by atoms with Gasteiger partial charge in [-0.15, -0.1) is 0 Å². The lowest BCUT2D eigenvalue weighted by molar-refractivity contribution is 0.0968. The molecule has 6 nitrogen and oxygen atoms in total. The fraction of sp³-hybridized carbons (Fsp3) is 0.421. The molecule has 2 N–H and O–H groups in total. The molecule has 0 bridgehead atoms. The first-order valence-electron chi connectivity index (χ1n) is 8.59. The smallest absolute Gasteiger partial charge is 0.181 e. The molecule has 1 aromatic carbocycles. The second-order valence-corrected chi connectivity index (χ2v) is 7.18. The van der Waals surface area contributed by atoms with Gasteiger partial charge in [0, 0.05) is 29.6 Å². The number of H-pyrrole nitrogens is 1. The number of phenolic OH excluding ortho intramolecular Hbond substituents is 1. The number of nitrogens with zero attached hydrogens (tertiary/aromatic N) is 3. The second-order valence-electron chi connectivity index (χ2n) is 7.18. The lowest BCUT2D eigenvalue weighted by atomic mass is 9.92. The van der Waals surface area contributed by atoms with E-state index >= 15 is 0 Å². The van der Waals surface area contributed by atoms with Crippen LogP contribution in [0.2, 0.25) is 0 Å². The Hall–Kier alpha value is -2.47. The number of carbonyl (C=O) groups is 1. The van der Waals surface area contributed by atoms with Crippen LogP contribution in [0.1, 0.15) is 45.8 Å². The number of Topliss-reactive ketones (excluding diaryl/α,β-unsaturated/α-hetero) is 1. The van der Waals surface area contributed by atoms with Gasteiger partial charge in [-0.05, 0) is 46.3 Å². The summed E-state index contributed by atoms with van der Waals surface area (Å²) in [6, 6.07) is 0. The van der Waals surface area contributed by atoms with Crippen molar-refractivity contribution in [2.45, 2.75) is 39.7 Å². The second kappa shape index (κ2) is 5.52.